The molecule has 2 aromatic heterocycles. The van der Waals surface area contributed by atoms with Crippen LogP contribution in [0.25, 0.3) is 22.2 Å². The molecule has 4 aromatic rings. The van der Waals surface area contributed by atoms with Crippen LogP contribution in [0.4, 0.5) is 10.1 Å². The summed E-state index contributed by atoms with van der Waals surface area (Å²) < 4.78 is 20.1. The fourth-order valence-electron chi connectivity index (χ4n) is 3.34. The van der Waals surface area contributed by atoms with E-state index in [1.807, 2.05) is 25.1 Å². The Hall–Kier alpha value is -3.74. The van der Waals surface area contributed by atoms with Crippen LogP contribution in [0.3, 0.4) is 0 Å². The van der Waals surface area contributed by atoms with Crippen molar-refractivity contribution in [1.29, 1.82) is 0 Å². The van der Waals surface area contributed by atoms with E-state index in [1.54, 1.807) is 42.3 Å². The van der Waals surface area contributed by atoms with Crippen LogP contribution in [0.5, 0.6) is 5.75 Å². The number of amides is 1. The Morgan fingerprint density at radius 1 is 1.14 bits per heavy atom. The van der Waals surface area contributed by atoms with Gasteiger partial charge in [0.05, 0.1) is 18.5 Å². The molecule has 2 heterocycles. The van der Waals surface area contributed by atoms with Gasteiger partial charge in [-0.3, -0.25) is 4.79 Å². The Bertz CT molecular complexity index is 1190. The maximum absolute atomic E-state index is 13.3. The first kappa shape index (κ1) is 18.6. The molecule has 0 atom stereocenters. The number of fused-ring (bicyclic) bond motifs is 1. The van der Waals surface area contributed by atoms with Gasteiger partial charge in [0.1, 0.15) is 18.1 Å². The topological polar surface area (TPSA) is 69.0 Å². The molecule has 7 heteroatoms. The molecule has 29 heavy (non-hydrogen) atoms. The van der Waals surface area contributed by atoms with Crippen LogP contribution in [0.15, 0.2) is 60.8 Å². The van der Waals surface area contributed by atoms with Gasteiger partial charge in [-0.15, -0.1) is 0 Å². The first-order valence-electron chi connectivity index (χ1n) is 9.08. The third-order valence-corrected chi connectivity index (χ3v) is 4.64. The SMILES string of the molecule is COc1ccccc1NC(=O)Cn1nc(C)c2c(-c3ccc(F)cc3)ccnc21. The number of benzene rings is 2. The van der Waals surface area contributed by atoms with Crippen molar-refractivity contribution in [2.24, 2.45) is 0 Å². The molecule has 0 saturated heterocycles. The first-order chi connectivity index (χ1) is 14.1. The highest BCUT2D eigenvalue weighted by molar-refractivity contribution is 5.96. The number of aryl methyl sites for hydroxylation is 1. The molecule has 0 aliphatic rings. The second kappa shape index (κ2) is 7.71. The van der Waals surface area contributed by atoms with Gasteiger partial charge in [-0.05, 0) is 48.4 Å². The molecule has 6 nitrogen and oxygen atoms in total. The van der Waals surface area contributed by atoms with Gasteiger partial charge >= 0.3 is 0 Å². The lowest BCUT2D eigenvalue weighted by atomic mass is 10.0. The zero-order valence-electron chi connectivity index (χ0n) is 16.0. The average molecular weight is 390 g/mol. The van der Waals surface area contributed by atoms with Gasteiger partial charge in [-0.25, -0.2) is 14.1 Å². The van der Waals surface area contributed by atoms with Gasteiger partial charge in [0, 0.05) is 11.6 Å². The number of rotatable bonds is 5. The van der Waals surface area contributed by atoms with Gasteiger partial charge in [0.2, 0.25) is 5.91 Å². The van der Waals surface area contributed by atoms with Crippen molar-refractivity contribution >= 4 is 22.6 Å². The molecule has 0 aliphatic carbocycles. The number of nitrogens with one attached hydrogen (secondary N) is 1. The quantitative estimate of drug-likeness (QED) is 0.555. The largest absolute Gasteiger partial charge is 0.495 e. The van der Waals surface area contributed by atoms with Crippen molar-refractivity contribution < 1.29 is 13.9 Å². The maximum atomic E-state index is 13.3. The predicted octanol–water partition coefficient (Wildman–Crippen LogP) is 4.19. The van der Waals surface area contributed by atoms with Crippen molar-refractivity contribution in [3.63, 3.8) is 0 Å². The summed E-state index contributed by atoms with van der Waals surface area (Å²) in [5.41, 5.74) is 3.69. The van der Waals surface area contributed by atoms with Gasteiger partial charge in [0.15, 0.2) is 5.65 Å². The monoisotopic (exact) mass is 390 g/mol. The number of ether oxygens (including phenoxy) is 1. The fraction of sp³-hybridized carbons (Fsp3) is 0.136. The smallest absolute Gasteiger partial charge is 0.246 e. The number of carbonyl (C=O) groups excluding carboxylic acids is 1. The lowest BCUT2D eigenvalue weighted by molar-refractivity contribution is -0.116. The molecular formula is C22H19FN4O2. The highest BCUT2D eigenvalue weighted by Gasteiger charge is 2.16. The van der Waals surface area contributed by atoms with Gasteiger partial charge in [-0.1, -0.05) is 24.3 Å². The predicted molar refractivity (Wildman–Crippen MR) is 109 cm³/mol. The maximum Gasteiger partial charge on any atom is 0.246 e. The molecule has 1 N–H and O–H groups in total. The summed E-state index contributed by atoms with van der Waals surface area (Å²) in [5.74, 6) is 0.0476. The molecule has 0 unspecified atom stereocenters. The standard InChI is InChI=1S/C22H19FN4O2/c1-14-21-17(15-7-9-16(23)10-8-15)11-12-24-22(21)27(26-14)13-20(28)25-18-5-3-4-6-19(18)29-2/h3-12H,13H2,1-2H3,(H,25,28). The second-order valence-electron chi connectivity index (χ2n) is 6.56. The number of hydrogen-bond donors (Lipinski definition) is 1. The summed E-state index contributed by atoms with van der Waals surface area (Å²) in [6, 6.07) is 15.3. The number of halogens is 1. The van der Waals surface area contributed by atoms with Gasteiger partial charge in [-0.2, -0.15) is 5.10 Å². The summed E-state index contributed by atoms with van der Waals surface area (Å²) in [6.07, 6.45) is 1.66. The van der Waals surface area contributed by atoms with E-state index in [1.165, 1.54) is 12.1 Å². The molecule has 0 aliphatic heterocycles. The molecule has 0 spiro atoms. The van der Waals surface area contributed by atoms with Crippen LogP contribution in [-0.4, -0.2) is 27.8 Å². The van der Waals surface area contributed by atoms with Crippen LogP contribution in [0.1, 0.15) is 5.69 Å². The van der Waals surface area contributed by atoms with Crippen molar-refractivity contribution in [2.75, 3.05) is 12.4 Å². The number of pyridine rings is 1. The van der Waals surface area contributed by atoms with Crippen LogP contribution in [0.2, 0.25) is 0 Å². The fourth-order valence-corrected chi connectivity index (χ4v) is 3.34. The van der Waals surface area contributed by atoms with Crippen LogP contribution in [-0.2, 0) is 11.3 Å². The Labute approximate surface area is 167 Å². The van der Waals surface area contributed by atoms with Crippen LogP contribution in [0, 0.1) is 12.7 Å². The molecule has 4 rings (SSSR count). The number of nitrogens with zero attached hydrogens (tertiary/aromatic N) is 3. The summed E-state index contributed by atoms with van der Waals surface area (Å²) >= 11 is 0. The van der Waals surface area contributed by atoms with E-state index in [-0.39, 0.29) is 18.3 Å². The molecule has 0 fully saturated rings. The number of para-hydroxylation sites is 2. The summed E-state index contributed by atoms with van der Waals surface area (Å²) in [5, 5.41) is 8.19. The number of anilines is 1. The minimum absolute atomic E-state index is 0.00224. The van der Waals surface area contributed by atoms with E-state index in [0.717, 1.165) is 22.2 Å². The Kier molecular flexibility index (Phi) is 4.95. The molecule has 2 aromatic carbocycles. The summed E-state index contributed by atoms with van der Waals surface area (Å²) in [7, 11) is 1.55. The first-order valence-corrected chi connectivity index (χ1v) is 9.08. The highest BCUT2D eigenvalue weighted by atomic mass is 19.1. The number of carbonyl (C=O) groups is 1. The normalized spacial score (nSPS) is 10.9. The van der Waals surface area contributed by atoms with Crippen molar-refractivity contribution in [3.8, 4) is 16.9 Å². The molecule has 0 bridgehead atoms. The Morgan fingerprint density at radius 3 is 2.66 bits per heavy atom. The third kappa shape index (κ3) is 3.67. The van der Waals surface area contributed by atoms with Crippen molar-refractivity contribution in [1.82, 2.24) is 14.8 Å². The minimum Gasteiger partial charge on any atom is -0.495 e. The summed E-state index contributed by atoms with van der Waals surface area (Å²) in [6.45, 7) is 1.87. The molecule has 1 amide bonds. The van der Waals surface area contributed by atoms with E-state index in [9.17, 15) is 9.18 Å². The van der Waals surface area contributed by atoms with Crippen molar-refractivity contribution in [3.05, 3.63) is 72.3 Å². The lowest BCUT2D eigenvalue weighted by Gasteiger charge is -2.10. The molecule has 0 radical (unpaired) electrons. The van der Waals surface area contributed by atoms with Gasteiger partial charge < -0.3 is 10.1 Å². The van der Waals surface area contributed by atoms with E-state index >= 15 is 0 Å². The summed E-state index contributed by atoms with van der Waals surface area (Å²) in [4.78, 5) is 17.0. The highest BCUT2D eigenvalue weighted by Crippen LogP contribution is 2.30. The number of aromatic nitrogens is 3. The van der Waals surface area contributed by atoms with E-state index in [0.29, 0.717) is 17.1 Å². The van der Waals surface area contributed by atoms with E-state index in [2.05, 4.69) is 15.4 Å². The zero-order chi connectivity index (χ0) is 20.4. The van der Waals surface area contributed by atoms with Crippen molar-refractivity contribution in [2.45, 2.75) is 13.5 Å². The zero-order valence-corrected chi connectivity index (χ0v) is 16.0. The molecular weight excluding hydrogens is 371 g/mol. The van der Waals surface area contributed by atoms with Crippen LogP contribution < -0.4 is 10.1 Å². The number of methoxy groups -OCH3 is 1. The third-order valence-electron chi connectivity index (χ3n) is 4.64. The van der Waals surface area contributed by atoms with Gasteiger partial charge in [0.25, 0.3) is 0 Å². The number of hydrogen-bond acceptors (Lipinski definition) is 4. The van der Waals surface area contributed by atoms with E-state index in [4.69, 9.17) is 4.74 Å². The lowest BCUT2D eigenvalue weighted by Crippen LogP contribution is -2.20. The molecule has 0 saturated carbocycles. The van der Waals surface area contributed by atoms with Crippen LogP contribution >= 0.6 is 0 Å². The second-order valence-corrected chi connectivity index (χ2v) is 6.56. The Morgan fingerprint density at radius 2 is 1.90 bits per heavy atom. The van der Waals surface area contributed by atoms with E-state index < -0.39 is 0 Å². The average Bonchev–Trinajstić information content (AvgIpc) is 3.04. The Balaban J connectivity index is 1.66. The molecule has 146 valence electrons. The minimum atomic E-state index is -0.292.